The molecule has 0 saturated carbocycles. The number of nitrogens with one attached hydrogen (secondary N) is 4. The molecule has 9 nitrogen and oxygen atoms in total. The molecule has 0 aromatic carbocycles. The molecule has 104 valence electrons. The van der Waals surface area contributed by atoms with Gasteiger partial charge in [0.1, 0.15) is 11.4 Å². The Labute approximate surface area is 110 Å². The van der Waals surface area contributed by atoms with Crippen LogP contribution < -0.4 is 16.6 Å². The van der Waals surface area contributed by atoms with Crippen molar-refractivity contribution >= 4 is 17.6 Å². The highest BCUT2D eigenvalue weighted by atomic mass is 16.4. The number of H-pyrrole nitrogens is 3. The fourth-order valence-corrected chi connectivity index (χ4v) is 1.64. The van der Waals surface area contributed by atoms with Crippen molar-refractivity contribution in [3.63, 3.8) is 0 Å². The third-order valence-corrected chi connectivity index (χ3v) is 2.42. The molecule has 0 radical (unpaired) electrons. The van der Waals surface area contributed by atoms with Crippen LogP contribution in [0.25, 0.3) is 0 Å². The minimum Gasteiger partial charge on any atom is -0.477 e. The van der Waals surface area contributed by atoms with Crippen LogP contribution >= 0.6 is 0 Å². The van der Waals surface area contributed by atoms with Crippen molar-refractivity contribution in [1.82, 2.24) is 15.0 Å². The standard InChI is InChI=1S/C11H10N4O5/c1-4-2-5(8(12-4)10(18)19)13-9(17)6-3-7(16)15-11(20)14-6/h2-3,12H,1H3,(H,13,17)(H,18,19)(H2,14,15,16,20). The molecule has 0 bridgehead atoms. The third kappa shape index (κ3) is 2.66. The zero-order chi connectivity index (χ0) is 14.9. The zero-order valence-corrected chi connectivity index (χ0v) is 10.2. The van der Waals surface area contributed by atoms with E-state index in [1.807, 2.05) is 4.98 Å². The first-order valence-corrected chi connectivity index (χ1v) is 5.44. The van der Waals surface area contributed by atoms with E-state index in [-0.39, 0.29) is 17.1 Å². The highest BCUT2D eigenvalue weighted by molar-refractivity contribution is 6.06. The van der Waals surface area contributed by atoms with Crippen LogP contribution in [0.3, 0.4) is 0 Å². The SMILES string of the molecule is Cc1cc(NC(=O)c2cc(=O)[nH]c(=O)[nH]2)c(C(=O)O)[nH]1. The topological polar surface area (TPSA) is 148 Å². The van der Waals surface area contributed by atoms with Crippen molar-refractivity contribution in [3.05, 3.63) is 50.1 Å². The average Bonchev–Trinajstić information content (AvgIpc) is 2.69. The number of hydrogen-bond acceptors (Lipinski definition) is 4. The second-order valence-corrected chi connectivity index (χ2v) is 4.00. The van der Waals surface area contributed by atoms with E-state index in [4.69, 9.17) is 5.11 Å². The summed E-state index contributed by atoms with van der Waals surface area (Å²) in [7, 11) is 0. The number of rotatable bonds is 3. The summed E-state index contributed by atoms with van der Waals surface area (Å²) in [5.41, 5.74) is -1.44. The number of aromatic carboxylic acids is 1. The van der Waals surface area contributed by atoms with Crippen LogP contribution in [0, 0.1) is 6.92 Å². The van der Waals surface area contributed by atoms with Crippen molar-refractivity contribution in [2.75, 3.05) is 5.32 Å². The van der Waals surface area contributed by atoms with Gasteiger partial charge < -0.3 is 20.4 Å². The number of anilines is 1. The lowest BCUT2D eigenvalue weighted by molar-refractivity contribution is 0.0692. The molecule has 2 aromatic heterocycles. The molecule has 0 aliphatic heterocycles. The van der Waals surface area contributed by atoms with Gasteiger partial charge in [-0.15, -0.1) is 0 Å². The van der Waals surface area contributed by atoms with Crippen molar-refractivity contribution in [3.8, 4) is 0 Å². The molecule has 1 amide bonds. The molecule has 0 atom stereocenters. The summed E-state index contributed by atoms with van der Waals surface area (Å²) in [4.78, 5) is 51.6. The first-order valence-electron chi connectivity index (χ1n) is 5.44. The van der Waals surface area contributed by atoms with Gasteiger partial charge in [0, 0.05) is 11.8 Å². The van der Waals surface area contributed by atoms with Crippen LogP contribution in [-0.2, 0) is 0 Å². The minimum absolute atomic E-state index is 0.0427. The molecule has 0 fully saturated rings. The minimum atomic E-state index is -1.24. The van der Waals surface area contributed by atoms with E-state index < -0.39 is 23.1 Å². The molecule has 20 heavy (non-hydrogen) atoms. The molecule has 5 N–H and O–H groups in total. The van der Waals surface area contributed by atoms with E-state index in [1.165, 1.54) is 6.07 Å². The Kier molecular flexibility index (Phi) is 3.25. The fraction of sp³-hybridized carbons (Fsp3) is 0.0909. The molecular weight excluding hydrogens is 268 g/mol. The summed E-state index contributed by atoms with van der Waals surface area (Å²) in [5, 5.41) is 11.3. The third-order valence-electron chi connectivity index (χ3n) is 2.42. The first-order chi connectivity index (χ1) is 9.36. The fourth-order valence-electron chi connectivity index (χ4n) is 1.64. The van der Waals surface area contributed by atoms with Gasteiger partial charge in [-0.2, -0.15) is 0 Å². The summed E-state index contributed by atoms with van der Waals surface area (Å²) in [6, 6.07) is 2.32. The number of aryl methyl sites for hydroxylation is 1. The van der Waals surface area contributed by atoms with Gasteiger partial charge in [-0.25, -0.2) is 9.59 Å². The zero-order valence-electron chi connectivity index (χ0n) is 10.2. The molecule has 2 rings (SSSR count). The van der Waals surface area contributed by atoms with E-state index in [9.17, 15) is 19.2 Å². The normalized spacial score (nSPS) is 10.2. The number of amides is 1. The molecule has 0 unspecified atom stereocenters. The highest BCUT2D eigenvalue weighted by Gasteiger charge is 2.16. The van der Waals surface area contributed by atoms with Crippen molar-refractivity contribution in [1.29, 1.82) is 0 Å². The molecular formula is C11H10N4O5. The van der Waals surface area contributed by atoms with Crippen molar-refractivity contribution in [2.45, 2.75) is 6.92 Å². The van der Waals surface area contributed by atoms with E-state index in [0.717, 1.165) is 6.07 Å². The number of carboxylic acids is 1. The van der Waals surface area contributed by atoms with Crippen LogP contribution in [0.15, 0.2) is 21.7 Å². The summed E-state index contributed by atoms with van der Waals surface area (Å²) < 4.78 is 0. The molecule has 9 heteroatoms. The maximum absolute atomic E-state index is 11.9. The number of carboxylic acid groups (broad SMARTS) is 1. The number of hydrogen-bond donors (Lipinski definition) is 5. The molecule has 0 saturated heterocycles. The van der Waals surface area contributed by atoms with Gasteiger partial charge in [0.25, 0.3) is 11.5 Å². The van der Waals surface area contributed by atoms with E-state index >= 15 is 0 Å². The lowest BCUT2D eigenvalue weighted by atomic mass is 10.3. The molecule has 2 aromatic rings. The van der Waals surface area contributed by atoms with Gasteiger partial charge in [0.05, 0.1) is 5.69 Å². The van der Waals surface area contributed by atoms with Gasteiger partial charge in [-0.1, -0.05) is 0 Å². The van der Waals surface area contributed by atoms with Crippen LogP contribution in [0.5, 0.6) is 0 Å². The monoisotopic (exact) mass is 278 g/mol. The predicted octanol–water partition coefficient (Wildman–Crippen LogP) is -0.350. The van der Waals surface area contributed by atoms with Crippen LogP contribution in [-0.4, -0.2) is 31.9 Å². The second kappa shape index (κ2) is 4.88. The van der Waals surface area contributed by atoms with Crippen LogP contribution in [0.1, 0.15) is 26.7 Å². The predicted molar refractivity (Wildman–Crippen MR) is 68.1 cm³/mol. The van der Waals surface area contributed by atoms with E-state index in [2.05, 4.69) is 15.3 Å². The van der Waals surface area contributed by atoms with E-state index in [0.29, 0.717) is 5.69 Å². The van der Waals surface area contributed by atoms with Crippen LogP contribution in [0.4, 0.5) is 5.69 Å². The Hall–Kier alpha value is -3.10. The largest absolute Gasteiger partial charge is 0.477 e. The maximum atomic E-state index is 11.9. The van der Waals surface area contributed by atoms with Crippen molar-refractivity contribution in [2.24, 2.45) is 0 Å². The average molecular weight is 278 g/mol. The lowest BCUT2D eigenvalue weighted by Crippen LogP contribution is -2.27. The summed E-state index contributed by atoms with van der Waals surface area (Å²) in [6.07, 6.45) is 0. The molecule has 0 aliphatic carbocycles. The Balaban J connectivity index is 2.35. The van der Waals surface area contributed by atoms with Gasteiger partial charge >= 0.3 is 11.7 Å². The number of aromatic amines is 3. The lowest BCUT2D eigenvalue weighted by Gasteiger charge is -2.03. The van der Waals surface area contributed by atoms with Crippen molar-refractivity contribution < 1.29 is 14.7 Å². The molecule has 0 aliphatic rings. The Morgan fingerprint density at radius 3 is 2.45 bits per heavy atom. The summed E-state index contributed by atoms with van der Waals surface area (Å²) >= 11 is 0. The number of carbonyl (C=O) groups is 2. The quantitative estimate of drug-likeness (QED) is 0.520. The van der Waals surface area contributed by atoms with Gasteiger partial charge in [0.2, 0.25) is 0 Å². The molecule has 0 spiro atoms. The van der Waals surface area contributed by atoms with Gasteiger partial charge in [-0.3, -0.25) is 14.6 Å². The maximum Gasteiger partial charge on any atom is 0.354 e. The molecule has 2 heterocycles. The van der Waals surface area contributed by atoms with Gasteiger partial charge in [-0.05, 0) is 13.0 Å². The summed E-state index contributed by atoms with van der Waals surface area (Å²) in [5.74, 6) is -2.04. The Morgan fingerprint density at radius 2 is 1.85 bits per heavy atom. The highest BCUT2D eigenvalue weighted by Crippen LogP contribution is 2.17. The van der Waals surface area contributed by atoms with Gasteiger partial charge in [0.15, 0.2) is 0 Å². The first kappa shape index (κ1) is 13.3. The smallest absolute Gasteiger partial charge is 0.354 e. The second-order valence-electron chi connectivity index (χ2n) is 4.00. The van der Waals surface area contributed by atoms with E-state index in [1.54, 1.807) is 6.92 Å². The summed E-state index contributed by atoms with van der Waals surface area (Å²) in [6.45, 7) is 1.62. The number of aromatic nitrogens is 3. The Bertz CT molecular complexity index is 769. The number of carbonyl (C=O) groups excluding carboxylic acids is 1. The Morgan fingerprint density at radius 1 is 1.15 bits per heavy atom. The van der Waals surface area contributed by atoms with Crippen LogP contribution in [0.2, 0.25) is 0 Å².